The Hall–Kier alpha value is -1.53. The molecule has 3 heteroatoms. The Kier molecular flexibility index (Phi) is 5.70. The van der Waals surface area contributed by atoms with Crippen LogP contribution in [-0.4, -0.2) is 19.4 Å². The predicted octanol–water partition coefficient (Wildman–Crippen LogP) is 5.84. The maximum absolute atomic E-state index is 5.79. The lowest BCUT2D eigenvalue weighted by atomic mass is 9.78. The summed E-state index contributed by atoms with van der Waals surface area (Å²) in [6, 6.07) is 16.9. The fourth-order valence-corrected chi connectivity index (χ4v) is 3.08. The summed E-state index contributed by atoms with van der Waals surface area (Å²) in [6.45, 7) is 12.8. The third-order valence-corrected chi connectivity index (χ3v) is 4.39. The van der Waals surface area contributed by atoms with E-state index in [1.165, 1.54) is 11.1 Å². The molecule has 124 valence electrons. The van der Waals surface area contributed by atoms with Crippen molar-refractivity contribution in [3.63, 3.8) is 0 Å². The van der Waals surface area contributed by atoms with Crippen molar-refractivity contribution in [3.8, 4) is 11.5 Å². The Bertz CT molecular complexity index is 558. The average molecular weight is 330 g/mol. The zero-order chi connectivity index (χ0) is 17.0. The lowest BCUT2D eigenvalue weighted by molar-refractivity contribution is 0.242. The molecule has 2 nitrogen and oxygen atoms in total. The van der Waals surface area contributed by atoms with Crippen molar-refractivity contribution in [1.29, 1.82) is 0 Å². The summed E-state index contributed by atoms with van der Waals surface area (Å²) in [5, 5.41) is 0. The van der Waals surface area contributed by atoms with Gasteiger partial charge in [0.15, 0.2) is 0 Å². The third kappa shape index (κ3) is 4.72. The van der Waals surface area contributed by atoms with Crippen molar-refractivity contribution >= 4 is 8.15 Å². The Morgan fingerprint density at radius 2 is 1.22 bits per heavy atom. The molecule has 0 N–H and O–H groups in total. The summed E-state index contributed by atoms with van der Waals surface area (Å²) in [6.07, 6.45) is 0.198. The zero-order valence-electron chi connectivity index (χ0n) is 15.0. The van der Waals surface area contributed by atoms with Crippen molar-refractivity contribution < 1.29 is 9.26 Å². The maximum atomic E-state index is 5.79. The fraction of sp³-hybridized carbons (Fsp3) is 0.400. The minimum absolute atomic E-state index is 0.0575. The van der Waals surface area contributed by atoms with E-state index < -0.39 is 0 Å². The zero-order valence-corrected chi connectivity index (χ0v) is 15.9. The fourth-order valence-electron chi connectivity index (χ4n) is 2.53. The normalized spacial score (nSPS) is 11.8. The molecule has 0 amide bonds. The molecule has 2 rings (SSSR count). The van der Waals surface area contributed by atoms with E-state index in [-0.39, 0.29) is 19.7 Å². The molecule has 2 aromatic rings. The van der Waals surface area contributed by atoms with Crippen LogP contribution in [0.2, 0.25) is 0 Å². The topological polar surface area (TPSA) is 18.5 Å². The van der Waals surface area contributed by atoms with Crippen molar-refractivity contribution in [2.24, 2.45) is 0 Å². The highest BCUT2D eigenvalue weighted by molar-refractivity contribution is 7.51. The molecule has 0 saturated carbocycles. The largest absolute Gasteiger partial charge is 0.491 e. The van der Waals surface area contributed by atoms with E-state index in [0.717, 1.165) is 11.5 Å². The molecular formula is C20H27O2P. The Balaban J connectivity index is 2.19. The number of ether oxygens (including phenoxy) is 1. The van der Waals surface area contributed by atoms with Gasteiger partial charge >= 0.3 is 0 Å². The molecule has 0 fully saturated rings. The Morgan fingerprint density at radius 1 is 0.783 bits per heavy atom. The van der Waals surface area contributed by atoms with E-state index >= 15 is 0 Å². The van der Waals surface area contributed by atoms with Crippen LogP contribution in [0, 0.1) is 0 Å². The van der Waals surface area contributed by atoms with Crippen LogP contribution >= 0.6 is 8.15 Å². The molecule has 0 atom stereocenters. The molecule has 0 saturated heterocycles. The lowest BCUT2D eigenvalue weighted by Gasteiger charge is -2.26. The molecule has 0 spiro atoms. The van der Waals surface area contributed by atoms with Gasteiger partial charge < -0.3 is 9.26 Å². The van der Waals surface area contributed by atoms with Gasteiger partial charge in [-0.05, 0) is 62.6 Å². The van der Waals surface area contributed by atoms with Crippen LogP contribution in [0.3, 0.4) is 0 Å². The van der Waals surface area contributed by atoms with Crippen molar-refractivity contribution in [2.75, 3.05) is 13.3 Å². The van der Waals surface area contributed by atoms with Gasteiger partial charge in [0.05, 0.1) is 14.3 Å². The highest BCUT2D eigenvalue weighted by Crippen LogP contribution is 2.35. The average Bonchev–Trinajstić information content (AvgIpc) is 2.47. The molecule has 0 aromatic heterocycles. The number of rotatable bonds is 6. The second-order valence-corrected chi connectivity index (χ2v) is 8.55. The molecule has 0 bridgehead atoms. The third-order valence-electron chi connectivity index (χ3n) is 3.81. The van der Waals surface area contributed by atoms with Gasteiger partial charge in [0.25, 0.3) is 0 Å². The van der Waals surface area contributed by atoms with E-state index in [1.807, 2.05) is 13.8 Å². The molecular weight excluding hydrogens is 303 g/mol. The summed E-state index contributed by atoms with van der Waals surface area (Å²) < 4.78 is 11.5. The summed E-state index contributed by atoms with van der Waals surface area (Å²) >= 11 is 0. The molecule has 0 radical (unpaired) electrons. The quantitative estimate of drug-likeness (QED) is 0.620. The lowest BCUT2D eigenvalue weighted by Crippen LogP contribution is -2.18. The molecule has 23 heavy (non-hydrogen) atoms. The van der Waals surface area contributed by atoms with Crippen LogP contribution in [0.4, 0.5) is 0 Å². The van der Waals surface area contributed by atoms with Gasteiger partial charge in [0, 0.05) is 5.41 Å². The van der Waals surface area contributed by atoms with Gasteiger partial charge in [-0.3, -0.25) is 0 Å². The van der Waals surface area contributed by atoms with E-state index in [1.54, 1.807) is 0 Å². The monoisotopic (exact) mass is 330 g/mol. The molecule has 2 aromatic carbocycles. The van der Waals surface area contributed by atoms with Gasteiger partial charge in [-0.1, -0.05) is 38.1 Å². The molecule has 0 aliphatic carbocycles. The van der Waals surface area contributed by atoms with Gasteiger partial charge in [0.2, 0.25) is 0 Å². The summed E-state index contributed by atoms with van der Waals surface area (Å²) in [7, 11) is -0.383. The molecule has 0 unspecified atom stereocenters. The number of hydrogen-bond donors (Lipinski definition) is 0. The van der Waals surface area contributed by atoms with Crippen LogP contribution in [0.5, 0.6) is 11.5 Å². The number of hydrogen-bond acceptors (Lipinski definition) is 2. The highest BCUT2D eigenvalue weighted by atomic mass is 31.1. The first-order valence-electron chi connectivity index (χ1n) is 8.02. The number of benzene rings is 2. The summed E-state index contributed by atoms with van der Waals surface area (Å²) in [5.41, 5.74) is 2.49. The summed E-state index contributed by atoms with van der Waals surface area (Å²) in [5.74, 6) is 1.86. The first kappa shape index (κ1) is 17.8. The van der Waals surface area contributed by atoms with Gasteiger partial charge in [-0.25, -0.2) is 0 Å². The van der Waals surface area contributed by atoms with Crippen LogP contribution in [0.25, 0.3) is 0 Å². The smallest absolute Gasteiger partial charge is 0.123 e. The van der Waals surface area contributed by atoms with Gasteiger partial charge in [-0.2, -0.15) is 0 Å². The van der Waals surface area contributed by atoms with Crippen molar-refractivity contribution in [2.45, 2.75) is 39.2 Å². The second kappa shape index (κ2) is 7.36. The minimum atomic E-state index is -0.383. The van der Waals surface area contributed by atoms with Crippen LogP contribution in [0.1, 0.15) is 38.8 Å². The van der Waals surface area contributed by atoms with E-state index in [0.29, 0.717) is 0 Å². The van der Waals surface area contributed by atoms with Gasteiger partial charge in [0.1, 0.15) is 11.5 Å². The minimum Gasteiger partial charge on any atom is -0.491 e. The molecule has 0 aliphatic heterocycles. The van der Waals surface area contributed by atoms with E-state index in [4.69, 9.17) is 9.26 Å². The van der Waals surface area contributed by atoms with Crippen molar-refractivity contribution in [3.05, 3.63) is 59.7 Å². The van der Waals surface area contributed by atoms with Crippen LogP contribution < -0.4 is 9.26 Å². The standard InChI is InChI=1S/C20H27O2P/c1-15(2)21-18-11-7-16(8-12-18)20(3,4)17-9-13-19(14-10-17)22-23(5)6/h7-15H,1-6H3. The van der Waals surface area contributed by atoms with Gasteiger partial charge in [-0.15, -0.1) is 0 Å². The maximum Gasteiger partial charge on any atom is 0.123 e. The van der Waals surface area contributed by atoms with E-state index in [9.17, 15) is 0 Å². The molecule has 0 aliphatic rings. The predicted molar refractivity (Wildman–Crippen MR) is 100 cm³/mol. The first-order valence-corrected chi connectivity index (χ1v) is 10.2. The highest BCUT2D eigenvalue weighted by Gasteiger charge is 2.23. The Morgan fingerprint density at radius 3 is 1.61 bits per heavy atom. The molecule has 0 heterocycles. The van der Waals surface area contributed by atoms with Crippen molar-refractivity contribution in [1.82, 2.24) is 0 Å². The SMILES string of the molecule is CC(C)Oc1ccc(C(C)(C)c2ccc(OP(C)C)cc2)cc1. The van der Waals surface area contributed by atoms with Crippen LogP contribution in [0.15, 0.2) is 48.5 Å². The first-order chi connectivity index (χ1) is 10.8. The van der Waals surface area contributed by atoms with E-state index in [2.05, 4.69) is 75.7 Å². The van der Waals surface area contributed by atoms with Crippen LogP contribution in [-0.2, 0) is 5.41 Å². The Labute approximate surface area is 141 Å². The summed E-state index contributed by atoms with van der Waals surface area (Å²) in [4.78, 5) is 0. The second-order valence-electron chi connectivity index (χ2n) is 6.74.